The molecule has 3 heteroatoms. The first-order valence-corrected chi connectivity index (χ1v) is 5.88. The topological polar surface area (TPSA) is 48.8 Å². The molecule has 2 aromatic rings. The lowest BCUT2D eigenvalue weighted by Gasteiger charge is -2.08. The molecule has 0 aliphatic heterocycles. The van der Waals surface area contributed by atoms with Gasteiger partial charge < -0.3 is 10.7 Å². The Morgan fingerprint density at radius 2 is 2.00 bits per heavy atom. The monoisotopic (exact) mass is 229 g/mol. The van der Waals surface area contributed by atoms with Crippen molar-refractivity contribution >= 4 is 17.1 Å². The smallest absolute Gasteiger partial charge is 0.0705 e. The molecule has 0 amide bonds. The van der Waals surface area contributed by atoms with Crippen molar-refractivity contribution in [1.82, 2.24) is 10.3 Å². The Bertz CT molecular complexity index is 492. The van der Waals surface area contributed by atoms with Gasteiger partial charge in [0.1, 0.15) is 0 Å². The molecule has 0 aliphatic carbocycles. The molecule has 0 radical (unpaired) electrons. The summed E-state index contributed by atoms with van der Waals surface area (Å²) >= 11 is 0. The number of nitrogens with one attached hydrogen (secondary N) is 2. The predicted molar refractivity (Wildman–Crippen MR) is 73.7 cm³/mol. The average Bonchev–Trinajstić information content (AvgIpc) is 2.42. The molecule has 0 unspecified atom stereocenters. The highest BCUT2D eigenvalue weighted by Crippen LogP contribution is 2.19. The van der Waals surface area contributed by atoms with Gasteiger partial charge in [-0.15, -0.1) is 0 Å². The Balaban J connectivity index is 0.000000686. The van der Waals surface area contributed by atoms with Crippen LogP contribution in [-0.4, -0.2) is 18.2 Å². The van der Waals surface area contributed by atoms with Crippen LogP contribution < -0.4 is 5.32 Å². The minimum Gasteiger partial charge on any atom is -0.316 e. The number of benzene rings is 1. The standard InChI is InChI=1S/C12H13N3.C2H6/c1-14-8-11-9(6-13)7-15-12-5-3-2-4-10(11)12;1-2/h2-7,13-14H,8H2,1H3;1-2H3. The fraction of sp³-hybridized carbons (Fsp3) is 0.286. The summed E-state index contributed by atoms with van der Waals surface area (Å²) in [5.74, 6) is 0. The van der Waals surface area contributed by atoms with Crippen LogP contribution in [-0.2, 0) is 6.54 Å². The number of nitrogens with zero attached hydrogens (tertiary/aromatic N) is 1. The second-order valence-corrected chi connectivity index (χ2v) is 3.38. The molecule has 2 rings (SSSR count). The molecule has 0 bridgehead atoms. The highest BCUT2D eigenvalue weighted by atomic mass is 14.8. The van der Waals surface area contributed by atoms with Gasteiger partial charge in [0.2, 0.25) is 0 Å². The molecule has 17 heavy (non-hydrogen) atoms. The van der Waals surface area contributed by atoms with Crippen molar-refractivity contribution in [2.24, 2.45) is 0 Å². The number of hydrogen-bond donors (Lipinski definition) is 2. The Morgan fingerprint density at radius 3 is 2.65 bits per heavy atom. The van der Waals surface area contributed by atoms with Crippen LogP contribution in [0.25, 0.3) is 10.9 Å². The quantitative estimate of drug-likeness (QED) is 0.795. The zero-order valence-corrected chi connectivity index (χ0v) is 10.6. The average molecular weight is 229 g/mol. The van der Waals surface area contributed by atoms with Crippen LogP contribution >= 0.6 is 0 Å². The van der Waals surface area contributed by atoms with Gasteiger partial charge in [-0.3, -0.25) is 4.98 Å². The lowest BCUT2D eigenvalue weighted by Crippen LogP contribution is -2.08. The maximum atomic E-state index is 7.35. The lowest BCUT2D eigenvalue weighted by atomic mass is 10.0. The van der Waals surface area contributed by atoms with Gasteiger partial charge >= 0.3 is 0 Å². The molecule has 0 atom stereocenters. The number of hydrogen-bond acceptors (Lipinski definition) is 3. The van der Waals surface area contributed by atoms with E-state index in [-0.39, 0.29) is 0 Å². The highest BCUT2D eigenvalue weighted by Gasteiger charge is 2.05. The minimum atomic E-state index is 0.758. The molecule has 1 aromatic heterocycles. The summed E-state index contributed by atoms with van der Waals surface area (Å²) in [6, 6.07) is 8.00. The molecule has 1 aromatic carbocycles. The second-order valence-electron chi connectivity index (χ2n) is 3.38. The molecular weight excluding hydrogens is 210 g/mol. The SMILES string of the molecule is CC.CNCc1c(C=N)cnc2ccccc12. The normalized spacial score (nSPS) is 9.59. The predicted octanol–water partition coefficient (Wildman–Crippen LogP) is 2.98. The molecule has 0 aliphatic rings. The van der Waals surface area contributed by atoms with E-state index in [1.54, 1.807) is 6.20 Å². The van der Waals surface area contributed by atoms with Crippen molar-refractivity contribution in [2.75, 3.05) is 7.05 Å². The summed E-state index contributed by atoms with van der Waals surface area (Å²) in [5.41, 5.74) is 2.99. The Labute approximate surface area is 102 Å². The molecule has 2 N–H and O–H groups in total. The number of fused-ring (bicyclic) bond motifs is 1. The summed E-state index contributed by atoms with van der Waals surface area (Å²) in [6.45, 7) is 4.76. The van der Waals surface area contributed by atoms with E-state index in [2.05, 4.69) is 10.3 Å². The zero-order chi connectivity index (χ0) is 12.7. The summed E-state index contributed by atoms with van der Waals surface area (Å²) in [7, 11) is 1.91. The second kappa shape index (κ2) is 6.76. The maximum Gasteiger partial charge on any atom is 0.0705 e. The molecule has 0 spiro atoms. The van der Waals surface area contributed by atoms with Gasteiger partial charge in [-0.2, -0.15) is 0 Å². The number of aromatic nitrogens is 1. The Morgan fingerprint density at radius 1 is 1.29 bits per heavy atom. The minimum absolute atomic E-state index is 0.758. The fourth-order valence-corrected chi connectivity index (χ4v) is 1.71. The Kier molecular flexibility index (Phi) is 5.30. The van der Waals surface area contributed by atoms with Crippen molar-refractivity contribution < 1.29 is 0 Å². The lowest BCUT2D eigenvalue weighted by molar-refractivity contribution is 0.821. The van der Waals surface area contributed by atoms with Crippen LogP contribution in [0.15, 0.2) is 30.5 Å². The molecule has 0 saturated heterocycles. The van der Waals surface area contributed by atoms with E-state index in [9.17, 15) is 0 Å². The van der Waals surface area contributed by atoms with E-state index in [4.69, 9.17) is 5.41 Å². The third-order valence-corrected chi connectivity index (χ3v) is 2.43. The number of pyridine rings is 1. The molecule has 3 nitrogen and oxygen atoms in total. The molecule has 0 fully saturated rings. The van der Waals surface area contributed by atoms with E-state index in [1.165, 1.54) is 6.21 Å². The van der Waals surface area contributed by atoms with Gasteiger partial charge in [-0.1, -0.05) is 32.0 Å². The summed E-state index contributed by atoms with van der Waals surface area (Å²) in [4.78, 5) is 4.32. The maximum absolute atomic E-state index is 7.35. The van der Waals surface area contributed by atoms with Crippen LogP contribution in [0.1, 0.15) is 25.0 Å². The summed E-state index contributed by atoms with van der Waals surface area (Å²) < 4.78 is 0. The first-order chi connectivity index (χ1) is 8.36. The molecule has 90 valence electrons. The van der Waals surface area contributed by atoms with Crippen molar-refractivity contribution in [3.63, 3.8) is 0 Å². The van der Waals surface area contributed by atoms with E-state index in [1.807, 2.05) is 45.2 Å². The molecule has 0 saturated carbocycles. The first kappa shape index (κ1) is 13.3. The van der Waals surface area contributed by atoms with Crippen molar-refractivity contribution in [1.29, 1.82) is 5.41 Å². The highest BCUT2D eigenvalue weighted by molar-refractivity contribution is 5.90. The first-order valence-electron chi connectivity index (χ1n) is 5.88. The van der Waals surface area contributed by atoms with Crippen molar-refractivity contribution in [2.45, 2.75) is 20.4 Å². The fourth-order valence-electron chi connectivity index (χ4n) is 1.71. The van der Waals surface area contributed by atoms with E-state index in [0.717, 1.165) is 28.6 Å². The van der Waals surface area contributed by atoms with E-state index in [0.29, 0.717) is 0 Å². The van der Waals surface area contributed by atoms with Crippen LogP contribution in [0.4, 0.5) is 0 Å². The molecular formula is C14H19N3. The third kappa shape index (κ3) is 2.88. The largest absolute Gasteiger partial charge is 0.316 e. The van der Waals surface area contributed by atoms with E-state index < -0.39 is 0 Å². The number of rotatable bonds is 3. The van der Waals surface area contributed by atoms with Crippen molar-refractivity contribution in [3.8, 4) is 0 Å². The van der Waals surface area contributed by atoms with Gasteiger partial charge in [0.15, 0.2) is 0 Å². The third-order valence-electron chi connectivity index (χ3n) is 2.43. The van der Waals surface area contributed by atoms with Crippen LogP contribution in [0, 0.1) is 5.41 Å². The van der Waals surface area contributed by atoms with Gasteiger partial charge in [-0.05, 0) is 18.7 Å². The van der Waals surface area contributed by atoms with Crippen LogP contribution in [0.3, 0.4) is 0 Å². The van der Waals surface area contributed by atoms with Gasteiger partial charge in [0.25, 0.3) is 0 Å². The van der Waals surface area contributed by atoms with Gasteiger partial charge in [0.05, 0.1) is 5.52 Å². The summed E-state index contributed by atoms with van der Waals surface area (Å²) in [5, 5.41) is 11.6. The van der Waals surface area contributed by atoms with Crippen LogP contribution in [0.2, 0.25) is 0 Å². The van der Waals surface area contributed by atoms with Gasteiger partial charge in [0, 0.05) is 29.9 Å². The number of para-hydroxylation sites is 1. The van der Waals surface area contributed by atoms with Gasteiger partial charge in [-0.25, -0.2) is 0 Å². The zero-order valence-electron chi connectivity index (χ0n) is 10.6. The van der Waals surface area contributed by atoms with Crippen LogP contribution in [0.5, 0.6) is 0 Å². The van der Waals surface area contributed by atoms with Crippen molar-refractivity contribution in [3.05, 3.63) is 41.6 Å². The summed E-state index contributed by atoms with van der Waals surface area (Å²) in [6.07, 6.45) is 3.11. The molecule has 1 heterocycles. The Hall–Kier alpha value is -1.74. The van der Waals surface area contributed by atoms with E-state index >= 15 is 0 Å².